The fraction of sp³-hybridized carbons (Fsp3) is 0. The maximum Gasteiger partial charge on any atom is 0.165 e. The molecule has 0 bridgehead atoms. The Balaban J connectivity index is 1.25. The lowest BCUT2D eigenvalue weighted by atomic mass is 10.0. The van der Waals surface area contributed by atoms with E-state index in [1.54, 1.807) is 11.3 Å². The van der Waals surface area contributed by atoms with Crippen molar-refractivity contribution in [2.45, 2.75) is 0 Å². The van der Waals surface area contributed by atoms with Gasteiger partial charge in [-0.15, -0.1) is 11.3 Å². The van der Waals surface area contributed by atoms with Crippen LogP contribution >= 0.6 is 11.3 Å². The van der Waals surface area contributed by atoms with Crippen molar-refractivity contribution in [2.24, 2.45) is 0 Å². The van der Waals surface area contributed by atoms with E-state index in [0.717, 1.165) is 38.5 Å². The molecule has 9 aromatic rings. The van der Waals surface area contributed by atoms with Crippen LogP contribution in [0.15, 0.2) is 146 Å². The molecule has 3 heterocycles. The SMILES string of the molecule is c1ccc(-c2ccc3cc(-c4nc(-c5ccc6ccccc6c5)nc(-c5cccc6sc7ccccc7c56)n4)cnc3c2)cc1. The van der Waals surface area contributed by atoms with E-state index >= 15 is 0 Å². The van der Waals surface area contributed by atoms with Crippen LogP contribution in [0.4, 0.5) is 0 Å². The maximum atomic E-state index is 5.11. The van der Waals surface area contributed by atoms with Crippen molar-refractivity contribution in [3.63, 3.8) is 0 Å². The zero-order chi connectivity index (χ0) is 29.7. The van der Waals surface area contributed by atoms with Crippen LogP contribution < -0.4 is 0 Å². The molecule has 45 heavy (non-hydrogen) atoms. The van der Waals surface area contributed by atoms with Crippen molar-refractivity contribution in [3.05, 3.63) is 146 Å². The van der Waals surface area contributed by atoms with Crippen molar-refractivity contribution in [1.82, 2.24) is 19.9 Å². The Hall–Kier alpha value is -5.78. The predicted molar refractivity (Wildman–Crippen MR) is 187 cm³/mol. The second-order valence-electron chi connectivity index (χ2n) is 11.1. The van der Waals surface area contributed by atoms with E-state index in [1.807, 2.05) is 12.3 Å². The zero-order valence-corrected chi connectivity index (χ0v) is 24.9. The molecular weight excluding hydrogens is 569 g/mol. The summed E-state index contributed by atoms with van der Waals surface area (Å²) in [4.78, 5) is 20.1. The summed E-state index contributed by atoms with van der Waals surface area (Å²) in [5.74, 6) is 1.88. The summed E-state index contributed by atoms with van der Waals surface area (Å²) in [6.07, 6.45) is 1.88. The first-order valence-electron chi connectivity index (χ1n) is 14.9. The zero-order valence-electron chi connectivity index (χ0n) is 24.1. The van der Waals surface area contributed by atoms with Gasteiger partial charge in [0.05, 0.1) is 5.52 Å². The lowest BCUT2D eigenvalue weighted by Crippen LogP contribution is -2.01. The van der Waals surface area contributed by atoms with Crippen molar-refractivity contribution in [1.29, 1.82) is 0 Å². The normalized spacial score (nSPS) is 11.6. The third kappa shape index (κ3) is 4.53. The van der Waals surface area contributed by atoms with E-state index in [4.69, 9.17) is 19.9 Å². The number of thiophene rings is 1. The average molecular weight is 593 g/mol. The summed E-state index contributed by atoms with van der Waals surface area (Å²) in [6.45, 7) is 0. The number of aromatic nitrogens is 4. The molecule has 0 saturated heterocycles. The van der Waals surface area contributed by atoms with Crippen LogP contribution in [0.2, 0.25) is 0 Å². The largest absolute Gasteiger partial charge is 0.255 e. The van der Waals surface area contributed by atoms with E-state index in [9.17, 15) is 0 Å². The molecule has 9 rings (SSSR count). The smallest absolute Gasteiger partial charge is 0.165 e. The van der Waals surface area contributed by atoms with Gasteiger partial charge >= 0.3 is 0 Å². The molecule has 0 atom stereocenters. The number of nitrogens with zero attached hydrogens (tertiary/aromatic N) is 4. The highest BCUT2D eigenvalue weighted by molar-refractivity contribution is 7.25. The Morgan fingerprint density at radius 3 is 2.02 bits per heavy atom. The van der Waals surface area contributed by atoms with Crippen LogP contribution in [0.3, 0.4) is 0 Å². The van der Waals surface area contributed by atoms with Gasteiger partial charge in [-0.1, -0.05) is 109 Å². The molecule has 5 heteroatoms. The first kappa shape index (κ1) is 25.7. The molecule has 210 valence electrons. The third-order valence-corrected chi connectivity index (χ3v) is 9.47. The quantitative estimate of drug-likeness (QED) is 0.204. The Kier molecular flexibility index (Phi) is 5.96. The van der Waals surface area contributed by atoms with Crippen molar-refractivity contribution in [3.8, 4) is 45.3 Å². The molecule has 0 aliphatic rings. The topological polar surface area (TPSA) is 51.6 Å². The van der Waals surface area contributed by atoms with E-state index in [0.29, 0.717) is 17.5 Å². The van der Waals surface area contributed by atoms with Crippen molar-refractivity contribution < 1.29 is 0 Å². The minimum absolute atomic E-state index is 0.598. The number of rotatable bonds is 4. The summed E-state index contributed by atoms with van der Waals surface area (Å²) < 4.78 is 2.46. The molecule has 6 aromatic carbocycles. The molecular formula is C40H24N4S. The highest BCUT2D eigenvalue weighted by Gasteiger charge is 2.17. The number of hydrogen-bond acceptors (Lipinski definition) is 5. The standard InChI is InChI=1S/C40H24N4S/c1-2-9-25(10-3-1)28-18-19-29-22-31(24-41-34(29)23-28)39-42-38(30-20-17-26-11-4-5-12-27(26)21-30)43-40(44-39)33-14-8-16-36-37(33)32-13-6-7-15-35(32)45-36/h1-24H. The lowest BCUT2D eigenvalue weighted by molar-refractivity contribution is 1.07. The fourth-order valence-electron chi connectivity index (χ4n) is 6.10. The predicted octanol–water partition coefficient (Wildman–Crippen LogP) is 10.6. The number of hydrogen-bond donors (Lipinski definition) is 0. The minimum atomic E-state index is 0.598. The summed E-state index contributed by atoms with van der Waals surface area (Å²) in [5.41, 5.74) is 6.03. The van der Waals surface area contributed by atoms with Gasteiger partial charge in [0.25, 0.3) is 0 Å². The summed E-state index contributed by atoms with van der Waals surface area (Å²) in [6, 6.07) is 48.6. The second-order valence-corrected chi connectivity index (χ2v) is 12.2. The van der Waals surface area contributed by atoms with Crippen LogP contribution in [0.1, 0.15) is 0 Å². The van der Waals surface area contributed by atoms with Crippen molar-refractivity contribution in [2.75, 3.05) is 0 Å². The van der Waals surface area contributed by atoms with Gasteiger partial charge in [0.1, 0.15) is 0 Å². The van der Waals surface area contributed by atoms with Gasteiger partial charge in [-0.2, -0.15) is 0 Å². The first-order chi connectivity index (χ1) is 22.3. The van der Waals surface area contributed by atoms with Gasteiger partial charge in [-0.25, -0.2) is 15.0 Å². The van der Waals surface area contributed by atoms with Crippen LogP contribution in [0.5, 0.6) is 0 Å². The molecule has 0 fully saturated rings. The van der Waals surface area contributed by atoms with Gasteiger partial charge in [0, 0.05) is 48.4 Å². The molecule has 0 radical (unpaired) electrons. The second kappa shape index (κ2) is 10.4. The van der Waals surface area contributed by atoms with Gasteiger partial charge in [0.2, 0.25) is 0 Å². The van der Waals surface area contributed by atoms with Gasteiger partial charge in [-0.05, 0) is 52.2 Å². The van der Waals surface area contributed by atoms with E-state index in [-0.39, 0.29) is 0 Å². The van der Waals surface area contributed by atoms with Crippen LogP contribution in [-0.2, 0) is 0 Å². The average Bonchev–Trinajstić information content (AvgIpc) is 3.50. The highest BCUT2D eigenvalue weighted by Crippen LogP contribution is 2.40. The van der Waals surface area contributed by atoms with Crippen LogP contribution in [0, 0.1) is 0 Å². The molecule has 0 aliphatic carbocycles. The number of pyridine rings is 1. The first-order valence-corrected chi connectivity index (χ1v) is 15.7. The van der Waals surface area contributed by atoms with Crippen LogP contribution in [-0.4, -0.2) is 19.9 Å². The van der Waals surface area contributed by atoms with E-state index in [2.05, 4.69) is 133 Å². The van der Waals surface area contributed by atoms with Crippen LogP contribution in [0.25, 0.3) is 87.1 Å². The lowest BCUT2D eigenvalue weighted by Gasteiger charge is -2.11. The molecule has 0 saturated carbocycles. The van der Waals surface area contributed by atoms with Crippen molar-refractivity contribution >= 4 is 53.2 Å². The van der Waals surface area contributed by atoms with Gasteiger partial charge in [0.15, 0.2) is 17.5 Å². The maximum absolute atomic E-state index is 5.11. The molecule has 4 nitrogen and oxygen atoms in total. The monoisotopic (exact) mass is 592 g/mol. The number of benzene rings is 6. The molecule has 0 unspecified atom stereocenters. The fourth-order valence-corrected chi connectivity index (χ4v) is 7.23. The Morgan fingerprint density at radius 2 is 1.11 bits per heavy atom. The third-order valence-electron chi connectivity index (χ3n) is 8.34. The Bertz CT molecular complexity index is 2550. The minimum Gasteiger partial charge on any atom is -0.255 e. The number of fused-ring (bicyclic) bond motifs is 5. The molecule has 3 aromatic heterocycles. The molecule has 0 spiro atoms. The highest BCUT2D eigenvalue weighted by atomic mass is 32.1. The van der Waals surface area contributed by atoms with E-state index < -0.39 is 0 Å². The molecule has 0 amide bonds. The molecule has 0 aliphatic heterocycles. The summed E-state index contributed by atoms with van der Waals surface area (Å²) in [7, 11) is 0. The molecule has 0 N–H and O–H groups in total. The van der Waals surface area contributed by atoms with Gasteiger partial charge in [-0.3, -0.25) is 4.98 Å². The van der Waals surface area contributed by atoms with E-state index in [1.165, 1.54) is 31.1 Å². The summed E-state index contributed by atoms with van der Waals surface area (Å²) in [5, 5.41) is 5.74. The Labute approximate surface area is 263 Å². The van der Waals surface area contributed by atoms with Gasteiger partial charge < -0.3 is 0 Å². The Morgan fingerprint density at radius 1 is 0.422 bits per heavy atom. The summed E-state index contributed by atoms with van der Waals surface area (Å²) >= 11 is 1.79.